The number of nitrogens with zero attached hydrogens (tertiary/aromatic N) is 1. The molecule has 0 amide bonds. The number of carboxylic acids is 2. The van der Waals surface area contributed by atoms with Gasteiger partial charge in [0, 0.05) is 6.04 Å². The molecule has 5 heteroatoms. The molecule has 0 heterocycles. The first-order valence-electron chi connectivity index (χ1n) is 4.52. The van der Waals surface area contributed by atoms with Crippen LogP contribution in [0.5, 0.6) is 0 Å². The molecular weight excluding hydrogens is 186 g/mol. The average molecular weight is 203 g/mol. The number of rotatable bonds is 5. The molecule has 0 aromatic carbocycles. The molecule has 0 fully saturated rings. The Bertz CT molecular complexity index is 207. The zero-order chi connectivity index (χ0) is 11.5. The van der Waals surface area contributed by atoms with E-state index < -0.39 is 24.0 Å². The summed E-state index contributed by atoms with van der Waals surface area (Å²) in [6.45, 7) is 6.53. The topological polar surface area (TPSA) is 77.8 Å². The van der Waals surface area contributed by atoms with Crippen molar-refractivity contribution in [1.29, 1.82) is 0 Å². The fourth-order valence-corrected chi connectivity index (χ4v) is 1.48. The van der Waals surface area contributed by atoms with Crippen molar-refractivity contribution < 1.29 is 19.8 Å². The van der Waals surface area contributed by atoms with E-state index in [0.29, 0.717) is 0 Å². The van der Waals surface area contributed by atoms with Crippen LogP contribution in [0.25, 0.3) is 0 Å². The Morgan fingerprint density at radius 1 is 0.929 bits per heavy atom. The Kier molecular flexibility index (Phi) is 4.56. The molecular formula is C9H17NO4. The van der Waals surface area contributed by atoms with Gasteiger partial charge in [-0.15, -0.1) is 0 Å². The van der Waals surface area contributed by atoms with Crippen molar-refractivity contribution in [2.75, 3.05) is 0 Å². The van der Waals surface area contributed by atoms with Crippen LogP contribution in [0, 0.1) is 0 Å². The second kappa shape index (κ2) is 4.95. The van der Waals surface area contributed by atoms with Gasteiger partial charge in [-0.3, -0.25) is 14.5 Å². The second-order valence-corrected chi connectivity index (χ2v) is 3.57. The minimum absolute atomic E-state index is 0.118. The monoisotopic (exact) mass is 203 g/mol. The van der Waals surface area contributed by atoms with Gasteiger partial charge in [0.2, 0.25) is 0 Å². The molecule has 0 rings (SSSR count). The Labute approximate surface area is 83.3 Å². The average Bonchev–Trinajstić information content (AvgIpc) is 2.03. The Hall–Kier alpha value is -1.10. The summed E-state index contributed by atoms with van der Waals surface area (Å²) in [6.07, 6.45) is 0. The molecule has 2 unspecified atom stereocenters. The van der Waals surface area contributed by atoms with Crippen molar-refractivity contribution in [3.8, 4) is 0 Å². The first kappa shape index (κ1) is 12.9. The summed E-state index contributed by atoms with van der Waals surface area (Å²) in [5, 5.41) is 17.6. The highest BCUT2D eigenvalue weighted by atomic mass is 16.4. The van der Waals surface area contributed by atoms with Crippen LogP contribution in [0.2, 0.25) is 0 Å². The van der Waals surface area contributed by atoms with Crippen LogP contribution in [-0.4, -0.2) is 45.2 Å². The predicted molar refractivity (Wildman–Crippen MR) is 51.2 cm³/mol. The molecule has 0 spiro atoms. The minimum Gasteiger partial charge on any atom is -0.480 e. The van der Waals surface area contributed by atoms with E-state index >= 15 is 0 Å². The summed E-state index contributed by atoms with van der Waals surface area (Å²) in [6, 6.07) is -1.70. The minimum atomic E-state index is -1.01. The first-order valence-corrected chi connectivity index (χ1v) is 4.52. The molecule has 2 atom stereocenters. The van der Waals surface area contributed by atoms with Crippen molar-refractivity contribution >= 4 is 11.9 Å². The standard InChI is InChI=1S/C9H17NO4/c1-5(2)10(6(3)8(11)12)7(4)9(13)14/h5-7H,1-4H3,(H,11,12)(H,13,14). The van der Waals surface area contributed by atoms with Crippen molar-refractivity contribution in [2.45, 2.75) is 45.8 Å². The van der Waals surface area contributed by atoms with Gasteiger partial charge in [-0.05, 0) is 27.7 Å². The van der Waals surface area contributed by atoms with E-state index in [1.807, 2.05) is 0 Å². The summed E-state index contributed by atoms with van der Waals surface area (Å²) in [7, 11) is 0. The van der Waals surface area contributed by atoms with E-state index in [4.69, 9.17) is 10.2 Å². The lowest BCUT2D eigenvalue weighted by Crippen LogP contribution is -2.51. The third kappa shape index (κ3) is 2.99. The van der Waals surface area contributed by atoms with Crippen molar-refractivity contribution in [1.82, 2.24) is 4.90 Å². The maximum atomic E-state index is 10.7. The fraction of sp³-hybridized carbons (Fsp3) is 0.778. The highest BCUT2D eigenvalue weighted by molar-refractivity contribution is 5.77. The van der Waals surface area contributed by atoms with E-state index in [1.165, 1.54) is 18.7 Å². The number of hydrogen-bond acceptors (Lipinski definition) is 3. The Morgan fingerprint density at radius 2 is 1.21 bits per heavy atom. The van der Waals surface area contributed by atoms with Crippen LogP contribution in [0.1, 0.15) is 27.7 Å². The normalized spacial score (nSPS) is 15.6. The van der Waals surface area contributed by atoms with E-state index in [9.17, 15) is 9.59 Å². The molecule has 0 radical (unpaired) electrons. The SMILES string of the molecule is CC(C)N(C(C)C(=O)O)C(C)C(=O)O. The first-order chi connectivity index (χ1) is 6.29. The predicted octanol–water partition coefficient (Wildman–Crippen LogP) is 0.643. The van der Waals surface area contributed by atoms with E-state index in [2.05, 4.69) is 0 Å². The lowest BCUT2D eigenvalue weighted by atomic mass is 10.1. The number of aliphatic carboxylic acids is 2. The lowest BCUT2D eigenvalue weighted by Gasteiger charge is -2.33. The summed E-state index contributed by atoms with van der Waals surface area (Å²) in [4.78, 5) is 22.9. The van der Waals surface area contributed by atoms with Gasteiger partial charge in [-0.25, -0.2) is 0 Å². The van der Waals surface area contributed by atoms with Gasteiger partial charge >= 0.3 is 11.9 Å². The van der Waals surface area contributed by atoms with Gasteiger partial charge in [0.05, 0.1) is 0 Å². The van der Waals surface area contributed by atoms with Crippen LogP contribution >= 0.6 is 0 Å². The van der Waals surface area contributed by atoms with Gasteiger partial charge in [0.15, 0.2) is 0 Å². The molecule has 0 saturated carbocycles. The summed E-state index contributed by atoms with van der Waals surface area (Å²) < 4.78 is 0. The Balaban J connectivity index is 4.76. The molecule has 2 N–H and O–H groups in total. The van der Waals surface area contributed by atoms with Crippen molar-refractivity contribution in [3.05, 3.63) is 0 Å². The van der Waals surface area contributed by atoms with Crippen LogP contribution < -0.4 is 0 Å². The second-order valence-electron chi connectivity index (χ2n) is 3.57. The zero-order valence-corrected chi connectivity index (χ0v) is 8.89. The van der Waals surface area contributed by atoms with Gasteiger partial charge in [-0.1, -0.05) is 0 Å². The van der Waals surface area contributed by atoms with Crippen LogP contribution in [-0.2, 0) is 9.59 Å². The highest BCUT2D eigenvalue weighted by Crippen LogP contribution is 2.11. The van der Waals surface area contributed by atoms with Crippen LogP contribution in [0.4, 0.5) is 0 Å². The summed E-state index contributed by atoms with van der Waals surface area (Å²) in [5.74, 6) is -2.02. The maximum Gasteiger partial charge on any atom is 0.320 e. The summed E-state index contributed by atoms with van der Waals surface area (Å²) in [5.41, 5.74) is 0. The molecule has 14 heavy (non-hydrogen) atoms. The third-order valence-corrected chi connectivity index (χ3v) is 2.21. The fourth-order valence-electron chi connectivity index (χ4n) is 1.48. The van der Waals surface area contributed by atoms with Gasteiger partial charge in [0.1, 0.15) is 12.1 Å². The largest absolute Gasteiger partial charge is 0.480 e. The van der Waals surface area contributed by atoms with E-state index in [-0.39, 0.29) is 6.04 Å². The molecule has 0 bridgehead atoms. The van der Waals surface area contributed by atoms with Crippen LogP contribution in [0.15, 0.2) is 0 Å². The summed E-state index contributed by atoms with van der Waals surface area (Å²) >= 11 is 0. The molecule has 5 nitrogen and oxygen atoms in total. The van der Waals surface area contributed by atoms with Crippen LogP contribution in [0.3, 0.4) is 0 Å². The molecule has 0 aliphatic carbocycles. The van der Waals surface area contributed by atoms with Gasteiger partial charge in [-0.2, -0.15) is 0 Å². The molecule has 0 aromatic heterocycles. The van der Waals surface area contributed by atoms with Crippen molar-refractivity contribution in [2.24, 2.45) is 0 Å². The quantitative estimate of drug-likeness (QED) is 0.685. The third-order valence-electron chi connectivity index (χ3n) is 2.21. The van der Waals surface area contributed by atoms with Gasteiger partial charge in [0.25, 0.3) is 0 Å². The Morgan fingerprint density at radius 3 is 1.36 bits per heavy atom. The molecule has 0 aliphatic rings. The number of hydrogen-bond donors (Lipinski definition) is 2. The molecule has 82 valence electrons. The smallest absolute Gasteiger partial charge is 0.320 e. The van der Waals surface area contributed by atoms with Crippen molar-refractivity contribution in [3.63, 3.8) is 0 Å². The number of carboxylic acid groups (broad SMARTS) is 2. The van der Waals surface area contributed by atoms with E-state index in [0.717, 1.165) is 0 Å². The van der Waals surface area contributed by atoms with Gasteiger partial charge < -0.3 is 10.2 Å². The molecule has 0 saturated heterocycles. The van der Waals surface area contributed by atoms with E-state index in [1.54, 1.807) is 13.8 Å². The maximum absolute atomic E-state index is 10.7. The number of carbonyl (C=O) groups is 2. The lowest BCUT2D eigenvalue weighted by molar-refractivity contribution is -0.150. The molecule has 0 aliphatic heterocycles. The zero-order valence-electron chi connectivity index (χ0n) is 8.89. The molecule has 0 aromatic rings. The highest BCUT2D eigenvalue weighted by Gasteiger charge is 2.31.